The van der Waals surface area contributed by atoms with E-state index in [2.05, 4.69) is 0 Å². The lowest BCUT2D eigenvalue weighted by atomic mass is 9.97. The molecule has 3 aromatic carbocycles. The van der Waals surface area contributed by atoms with Gasteiger partial charge < -0.3 is 20.9 Å². The van der Waals surface area contributed by atoms with E-state index in [1.54, 1.807) is 12.1 Å². The molecular weight excluding hydrogens is 334 g/mol. The van der Waals surface area contributed by atoms with Crippen molar-refractivity contribution in [2.45, 2.75) is 6.42 Å². The molecule has 0 aromatic heterocycles. The van der Waals surface area contributed by atoms with Gasteiger partial charge in [-0.2, -0.15) is 0 Å². The number of nitro groups is 1. The van der Waals surface area contributed by atoms with Gasteiger partial charge >= 0.3 is 0 Å². The van der Waals surface area contributed by atoms with Crippen molar-refractivity contribution in [3.05, 3.63) is 63.7 Å². The van der Waals surface area contributed by atoms with Gasteiger partial charge in [-0.15, -0.1) is 0 Å². The zero-order valence-corrected chi connectivity index (χ0v) is 14.5. The number of hydrogen-bond acceptors (Lipinski definition) is 6. The lowest BCUT2D eigenvalue weighted by Crippen LogP contribution is -2.02. The quantitative estimate of drug-likeness (QED) is 0.412. The van der Waals surface area contributed by atoms with Crippen LogP contribution < -0.4 is 20.9 Å². The third-order valence-corrected chi connectivity index (χ3v) is 4.39. The van der Waals surface area contributed by atoms with Crippen LogP contribution in [-0.2, 0) is 6.42 Å². The minimum absolute atomic E-state index is 0.0466. The predicted octanol–water partition coefficient (Wildman–Crippen LogP) is 3.52. The summed E-state index contributed by atoms with van der Waals surface area (Å²) in [4.78, 5) is 11.0. The molecule has 7 nitrogen and oxygen atoms in total. The first-order valence-corrected chi connectivity index (χ1v) is 7.91. The molecule has 0 spiro atoms. The molecule has 0 aliphatic carbocycles. The van der Waals surface area contributed by atoms with Crippen LogP contribution in [0.4, 0.5) is 17.1 Å². The number of fused-ring (bicyclic) bond motifs is 1. The summed E-state index contributed by atoms with van der Waals surface area (Å²) >= 11 is 0. The van der Waals surface area contributed by atoms with Crippen LogP contribution in [-0.4, -0.2) is 19.1 Å². The third-order valence-electron chi connectivity index (χ3n) is 4.39. The van der Waals surface area contributed by atoms with E-state index in [1.807, 2.05) is 24.3 Å². The highest BCUT2D eigenvalue weighted by Gasteiger charge is 2.20. The molecular formula is C19H19N3O4. The molecule has 3 rings (SSSR count). The van der Waals surface area contributed by atoms with Gasteiger partial charge in [-0.25, -0.2) is 0 Å². The molecule has 0 unspecified atom stereocenters. The van der Waals surface area contributed by atoms with Crippen LogP contribution in [0.5, 0.6) is 11.5 Å². The molecule has 0 saturated carbocycles. The highest BCUT2D eigenvalue weighted by molar-refractivity contribution is 6.01. The van der Waals surface area contributed by atoms with Gasteiger partial charge in [0.1, 0.15) is 0 Å². The van der Waals surface area contributed by atoms with Gasteiger partial charge in [-0.3, -0.25) is 10.1 Å². The largest absolute Gasteiger partial charge is 0.493 e. The Morgan fingerprint density at radius 3 is 2.31 bits per heavy atom. The predicted molar refractivity (Wildman–Crippen MR) is 102 cm³/mol. The Hall–Kier alpha value is -3.48. The molecule has 0 radical (unpaired) electrons. The van der Waals surface area contributed by atoms with Crippen LogP contribution >= 0.6 is 0 Å². The monoisotopic (exact) mass is 353 g/mol. The summed E-state index contributed by atoms with van der Waals surface area (Å²) in [5.41, 5.74) is 14.7. The Kier molecular flexibility index (Phi) is 4.53. The van der Waals surface area contributed by atoms with Crippen LogP contribution in [0.3, 0.4) is 0 Å². The second kappa shape index (κ2) is 6.79. The zero-order chi connectivity index (χ0) is 18.8. The zero-order valence-electron chi connectivity index (χ0n) is 14.5. The molecule has 3 aromatic rings. The first-order valence-electron chi connectivity index (χ1n) is 7.91. The maximum absolute atomic E-state index is 11.5. The molecule has 0 aliphatic heterocycles. The van der Waals surface area contributed by atoms with Crippen molar-refractivity contribution in [2.75, 3.05) is 25.7 Å². The summed E-state index contributed by atoms with van der Waals surface area (Å²) in [6.45, 7) is 0. The fourth-order valence-electron chi connectivity index (χ4n) is 3.03. The van der Waals surface area contributed by atoms with Crippen LogP contribution in [0.2, 0.25) is 0 Å². The van der Waals surface area contributed by atoms with Gasteiger partial charge in [0, 0.05) is 34.1 Å². The molecule has 26 heavy (non-hydrogen) atoms. The van der Waals surface area contributed by atoms with Crippen molar-refractivity contribution in [2.24, 2.45) is 0 Å². The van der Waals surface area contributed by atoms with Crippen molar-refractivity contribution in [3.8, 4) is 11.5 Å². The molecule has 0 bridgehead atoms. The first kappa shape index (κ1) is 17.3. The first-order chi connectivity index (χ1) is 12.5. The number of methoxy groups -OCH3 is 2. The standard InChI is InChI=1S/C19H19N3O4/c1-25-17-9-12(16(22(23)24)10-18(17)26-2)8-11-6-7-13-14(19(11)21)4-3-5-15(13)20/h3-7,9-10H,8,20-21H2,1-2H3. The number of nitrogens with zero attached hydrogens (tertiary/aromatic N) is 1. The van der Waals surface area contributed by atoms with Crippen LogP contribution in [0.15, 0.2) is 42.5 Å². The fraction of sp³-hybridized carbons (Fsp3) is 0.158. The molecule has 0 heterocycles. The van der Waals surface area contributed by atoms with E-state index >= 15 is 0 Å². The van der Waals surface area contributed by atoms with Crippen molar-refractivity contribution in [3.63, 3.8) is 0 Å². The molecule has 0 amide bonds. The second-order valence-corrected chi connectivity index (χ2v) is 5.85. The van der Waals surface area contributed by atoms with E-state index in [0.717, 1.165) is 16.3 Å². The van der Waals surface area contributed by atoms with Crippen molar-refractivity contribution in [1.29, 1.82) is 0 Å². The summed E-state index contributed by atoms with van der Waals surface area (Å²) < 4.78 is 10.4. The fourth-order valence-corrected chi connectivity index (χ4v) is 3.03. The molecule has 0 aliphatic rings. The molecule has 0 fully saturated rings. The topological polar surface area (TPSA) is 114 Å². The Morgan fingerprint density at radius 1 is 0.962 bits per heavy atom. The van der Waals surface area contributed by atoms with Crippen LogP contribution in [0.25, 0.3) is 10.8 Å². The molecule has 7 heteroatoms. The lowest BCUT2D eigenvalue weighted by molar-refractivity contribution is -0.385. The van der Waals surface area contributed by atoms with Crippen LogP contribution in [0, 0.1) is 10.1 Å². The lowest BCUT2D eigenvalue weighted by Gasteiger charge is -2.13. The van der Waals surface area contributed by atoms with E-state index < -0.39 is 4.92 Å². The number of rotatable bonds is 5. The highest BCUT2D eigenvalue weighted by Crippen LogP contribution is 2.37. The van der Waals surface area contributed by atoms with E-state index in [0.29, 0.717) is 28.4 Å². The van der Waals surface area contributed by atoms with E-state index in [9.17, 15) is 10.1 Å². The Bertz CT molecular complexity index is 1000. The summed E-state index contributed by atoms with van der Waals surface area (Å²) in [5.74, 6) is 0.735. The number of benzene rings is 3. The van der Waals surface area contributed by atoms with Gasteiger partial charge in [0.05, 0.1) is 25.2 Å². The van der Waals surface area contributed by atoms with Gasteiger partial charge in [0.15, 0.2) is 11.5 Å². The SMILES string of the molecule is COc1cc(Cc2ccc3c(N)cccc3c2N)c([N+](=O)[O-])cc1OC. The van der Waals surface area contributed by atoms with Crippen LogP contribution in [0.1, 0.15) is 11.1 Å². The van der Waals surface area contributed by atoms with Gasteiger partial charge in [0.2, 0.25) is 0 Å². The molecule has 0 atom stereocenters. The maximum Gasteiger partial charge on any atom is 0.276 e. The summed E-state index contributed by atoms with van der Waals surface area (Å²) in [7, 11) is 2.92. The third kappa shape index (κ3) is 2.95. The Balaban J connectivity index is 2.13. The van der Waals surface area contributed by atoms with Gasteiger partial charge in [-0.05, 0) is 17.7 Å². The van der Waals surface area contributed by atoms with Crippen molar-refractivity contribution < 1.29 is 14.4 Å². The Labute approximate surface area is 150 Å². The summed E-state index contributed by atoms with van der Waals surface area (Å²) in [5, 5.41) is 13.2. The average Bonchev–Trinajstić information content (AvgIpc) is 2.63. The number of nitrogen functional groups attached to an aromatic ring is 2. The number of hydrogen-bond donors (Lipinski definition) is 2. The van der Waals surface area contributed by atoms with Gasteiger partial charge in [-0.1, -0.05) is 24.3 Å². The summed E-state index contributed by atoms with van der Waals surface area (Å²) in [6, 6.07) is 12.2. The number of nitro benzene ring substituents is 1. The molecule has 134 valence electrons. The normalized spacial score (nSPS) is 10.7. The number of anilines is 2. The van der Waals surface area contributed by atoms with Gasteiger partial charge in [0.25, 0.3) is 5.69 Å². The minimum Gasteiger partial charge on any atom is -0.493 e. The molecule has 0 saturated heterocycles. The second-order valence-electron chi connectivity index (χ2n) is 5.85. The average molecular weight is 353 g/mol. The minimum atomic E-state index is -0.438. The number of ether oxygens (including phenoxy) is 2. The van der Waals surface area contributed by atoms with E-state index in [4.69, 9.17) is 20.9 Å². The maximum atomic E-state index is 11.5. The Morgan fingerprint density at radius 2 is 1.65 bits per heavy atom. The van der Waals surface area contributed by atoms with Crippen molar-refractivity contribution in [1.82, 2.24) is 0 Å². The van der Waals surface area contributed by atoms with E-state index in [1.165, 1.54) is 20.3 Å². The van der Waals surface area contributed by atoms with Crippen molar-refractivity contribution >= 4 is 27.8 Å². The summed E-state index contributed by atoms with van der Waals surface area (Å²) in [6.07, 6.45) is 0.285. The highest BCUT2D eigenvalue weighted by atomic mass is 16.6. The molecule has 4 N–H and O–H groups in total. The number of nitrogens with two attached hydrogens (primary N) is 2. The smallest absolute Gasteiger partial charge is 0.276 e. The van der Waals surface area contributed by atoms with E-state index in [-0.39, 0.29) is 12.1 Å².